The Labute approximate surface area is 167 Å². The molecule has 0 aliphatic rings. The highest BCUT2D eigenvalue weighted by atomic mass is 16.5. The first-order chi connectivity index (χ1) is 13.8. The molecule has 0 heterocycles. The van der Waals surface area contributed by atoms with E-state index < -0.39 is 0 Å². The quantitative estimate of drug-likeness (QED) is 0.353. The van der Waals surface area contributed by atoms with Crippen LogP contribution >= 0.6 is 0 Å². The Morgan fingerprint density at radius 3 is 2.64 bits per heavy atom. The first-order valence-corrected chi connectivity index (χ1v) is 9.61. The van der Waals surface area contributed by atoms with Crippen molar-refractivity contribution in [1.82, 2.24) is 10.6 Å². The third kappa shape index (κ3) is 7.48. The molecule has 0 fully saturated rings. The molecule has 0 saturated heterocycles. The summed E-state index contributed by atoms with van der Waals surface area (Å²) in [7, 11) is 3.38. The number of guanidine groups is 1. The lowest BCUT2D eigenvalue weighted by atomic mass is 10.2. The number of hydrogen-bond donors (Lipinski definition) is 2. The highest BCUT2D eigenvalue weighted by Crippen LogP contribution is 2.17. The van der Waals surface area contributed by atoms with Crippen LogP contribution in [0.2, 0.25) is 0 Å². The van der Waals surface area contributed by atoms with Gasteiger partial charge in [-0.1, -0.05) is 30.3 Å². The van der Waals surface area contributed by atoms with Crippen molar-refractivity contribution in [3.63, 3.8) is 0 Å². The average molecular weight is 386 g/mol. The third-order valence-electron chi connectivity index (χ3n) is 4.06. The molecule has 28 heavy (non-hydrogen) atoms. The maximum Gasteiger partial charge on any atom is 0.191 e. The van der Waals surface area contributed by atoms with Gasteiger partial charge in [-0.3, -0.25) is 0 Å². The van der Waals surface area contributed by atoms with Crippen molar-refractivity contribution in [2.45, 2.75) is 26.4 Å². The van der Waals surface area contributed by atoms with E-state index in [0.717, 1.165) is 41.6 Å². The van der Waals surface area contributed by atoms with E-state index in [0.29, 0.717) is 26.3 Å². The smallest absolute Gasteiger partial charge is 0.191 e. The number of para-hydroxylation sites is 1. The maximum absolute atomic E-state index is 5.76. The fourth-order valence-electron chi connectivity index (χ4n) is 2.67. The molecule has 0 spiro atoms. The fourth-order valence-corrected chi connectivity index (χ4v) is 2.67. The van der Waals surface area contributed by atoms with Gasteiger partial charge in [0.1, 0.15) is 11.5 Å². The summed E-state index contributed by atoms with van der Waals surface area (Å²) < 4.78 is 16.2. The van der Waals surface area contributed by atoms with E-state index in [-0.39, 0.29) is 0 Å². The molecule has 0 atom stereocenters. The summed E-state index contributed by atoms with van der Waals surface area (Å²) in [5.74, 6) is 2.49. The van der Waals surface area contributed by atoms with E-state index in [1.54, 1.807) is 14.2 Å². The fraction of sp³-hybridized carbons (Fsp3) is 0.409. The van der Waals surface area contributed by atoms with Crippen molar-refractivity contribution < 1.29 is 14.2 Å². The molecular formula is C22H31N3O3. The van der Waals surface area contributed by atoms with Gasteiger partial charge in [0.2, 0.25) is 0 Å². The number of nitrogens with zero attached hydrogens (tertiary/aromatic N) is 1. The molecule has 0 unspecified atom stereocenters. The maximum atomic E-state index is 5.76. The second kappa shape index (κ2) is 12.6. The van der Waals surface area contributed by atoms with Gasteiger partial charge in [-0.2, -0.15) is 0 Å². The van der Waals surface area contributed by atoms with Crippen LogP contribution in [0.3, 0.4) is 0 Å². The van der Waals surface area contributed by atoms with Gasteiger partial charge in [0.15, 0.2) is 5.96 Å². The van der Waals surface area contributed by atoms with Gasteiger partial charge in [0, 0.05) is 38.8 Å². The van der Waals surface area contributed by atoms with Crippen molar-refractivity contribution >= 4 is 5.96 Å². The van der Waals surface area contributed by atoms with E-state index in [4.69, 9.17) is 14.2 Å². The van der Waals surface area contributed by atoms with Gasteiger partial charge in [0.05, 0.1) is 20.3 Å². The lowest BCUT2D eigenvalue weighted by molar-refractivity contribution is 0.172. The van der Waals surface area contributed by atoms with Crippen LogP contribution in [0.4, 0.5) is 0 Å². The Morgan fingerprint density at radius 1 is 1.00 bits per heavy atom. The summed E-state index contributed by atoms with van der Waals surface area (Å²) >= 11 is 0. The van der Waals surface area contributed by atoms with Crippen molar-refractivity contribution in [1.29, 1.82) is 0 Å². The molecule has 0 bridgehead atoms. The number of rotatable bonds is 11. The lowest BCUT2D eigenvalue weighted by Gasteiger charge is -2.13. The molecule has 152 valence electrons. The van der Waals surface area contributed by atoms with Crippen molar-refractivity contribution in [3.8, 4) is 11.5 Å². The van der Waals surface area contributed by atoms with Gasteiger partial charge in [-0.15, -0.1) is 0 Å². The Morgan fingerprint density at radius 2 is 1.86 bits per heavy atom. The Balaban J connectivity index is 1.94. The van der Waals surface area contributed by atoms with Gasteiger partial charge in [0.25, 0.3) is 0 Å². The Bertz CT molecular complexity index is 734. The number of nitrogens with one attached hydrogen (secondary N) is 2. The van der Waals surface area contributed by atoms with Crippen LogP contribution in [0.1, 0.15) is 24.5 Å². The summed E-state index contributed by atoms with van der Waals surface area (Å²) in [5.41, 5.74) is 2.18. The van der Waals surface area contributed by atoms with Crippen LogP contribution < -0.4 is 20.1 Å². The van der Waals surface area contributed by atoms with Crippen LogP contribution in [0.25, 0.3) is 0 Å². The molecule has 2 aromatic carbocycles. The van der Waals surface area contributed by atoms with Crippen LogP contribution in [0.5, 0.6) is 11.5 Å². The van der Waals surface area contributed by atoms with Crippen molar-refractivity contribution in [3.05, 3.63) is 59.7 Å². The molecule has 0 aromatic heterocycles. The normalized spacial score (nSPS) is 11.2. The van der Waals surface area contributed by atoms with Gasteiger partial charge in [-0.25, -0.2) is 4.99 Å². The topological polar surface area (TPSA) is 64.1 Å². The number of methoxy groups -OCH3 is 2. The van der Waals surface area contributed by atoms with Crippen LogP contribution in [-0.4, -0.2) is 39.9 Å². The molecule has 0 amide bonds. The molecule has 0 radical (unpaired) electrons. The van der Waals surface area contributed by atoms with E-state index in [1.807, 2.05) is 42.5 Å². The van der Waals surface area contributed by atoms with Gasteiger partial charge >= 0.3 is 0 Å². The van der Waals surface area contributed by atoms with Gasteiger partial charge in [-0.05, 0) is 30.7 Å². The number of aliphatic imine (C=N–C) groups is 1. The van der Waals surface area contributed by atoms with E-state index in [9.17, 15) is 0 Å². The molecule has 6 heteroatoms. The standard InChI is InChI=1S/C22H31N3O3/c1-4-23-22(25-17-19-10-5-6-12-21(19)27-3)24-16-18-9-7-11-20(15-18)28-14-8-13-26-2/h5-7,9-12,15H,4,8,13-14,16-17H2,1-3H3,(H2,23,24,25). The van der Waals surface area contributed by atoms with Crippen molar-refractivity contribution in [2.24, 2.45) is 4.99 Å². The molecule has 2 N–H and O–H groups in total. The zero-order chi connectivity index (χ0) is 20.0. The first kappa shape index (κ1) is 21.6. The second-order valence-electron chi connectivity index (χ2n) is 6.20. The first-order valence-electron chi connectivity index (χ1n) is 9.61. The van der Waals surface area contributed by atoms with Crippen LogP contribution in [0.15, 0.2) is 53.5 Å². The zero-order valence-electron chi connectivity index (χ0n) is 17.0. The Kier molecular flexibility index (Phi) is 9.72. The SMILES string of the molecule is CCNC(=NCc1cccc(OCCCOC)c1)NCc1ccccc1OC. The second-order valence-corrected chi connectivity index (χ2v) is 6.20. The number of benzene rings is 2. The summed E-state index contributed by atoms with van der Waals surface area (Å²) in [6.45, 7) is 5.39. The predicted molar refractivity (Wildman–Crippen MR) is 113 cm³/mol. The third-order valence-corrected chi connectivity index (χ3v) is 4.06. The van der Waals surface area contributed by atoms with E-state index in [1.165, 1.54) is 0 Å². The van der Waals surface area contributed by atoms with Crippen molar-refractivity contribution in [2.75, 3.05) is 34.0 Å². The molecule has 0 aliphatic heterocycles. The summed E-state index contributed by atoms with van der Waals surface area (Å²) in [6, 6.07) is 16.0. The lowest BCUT2D eigenvalue weighted by Crippen LogP contribution is -2.36. The largest absolute Gasteiger partial charge is 0.496 e. The predicted octanol–water partition coefficient (Wildman–Crippen LogP) is 3.37. The summed E-state index contributed by atoms with van der Waals surface area (Å²) in [5, 5.41) is 6.64. The molecule has 0 saturated carbocycles. The molecule has 2 aromatic rings. The van der Waals surface area contributed by atoms with E-state index in [2.05, 4.69) is 28.6 Å². The molecule has 0 aliphatic carbocycles. The minimum absolute atomic E-state index is 0.566. The number of ether oxygens (including phenoxy) is 3. The highest BCUT2D eigenvalue weighted by Gasteiger charge is 2.04. The zero-order valence-corrected chi connectivity index (χ0v) is 17.0. The van der Waals surface area contributed by atoms with E-state index >= 15 is 0 Å². The van der Waals surface area contributed by atoms with Crippen LogP contribution in [0, 0.1) is 0 Å². The van der Waals surface area contributed by atoms with Crippen LogP contribution in [-0.2, 0) is 17.8 Å². The minimum atomic E-state index is 0.566. The minimum Gasteiger partial charge on any atom is -0.496 e. The summed E-state index contributed by atoms with van der Waals surface area (Å²) in [4.78, 5) is 4.68. The molecule has 2 rings (SSSR count). The monoisotopic (exact) mass is 385 g/mol. The summed E-state index contributed by atoms with van der Waals surface area (Å²) in [6.07, 6.45) is 0.871. The number of hydrogen-bond acceptors (Lipinski definition) is 4. The highest BCUT2D eigenvalue weighted by molar-refractivity contribution is 5.79. The molecular weight excluding hydrogens is 354 g/mol. The Hall–Kier alpha value is -2.73. The van der Waals surface area contributed by atoms with Gasteiger partial charge < -0.3 is 24.8 Å². The average Bonchev–Trinajstić information content (AvgIpc) is 2.74. The molecule has 6 nitrogen and oxygen atoms in total.